The number of thioether (sulfide) groups is 1. The SMILES string of the molecule is O=C(CN(C1=N[C@H]2CS(=O)(=O)C[C@H]2S1)c1cccc(Cl)c1)Nc1ccccc1. The third-order valence-corrected chi connectivity index (χ3v) is 8.00. The highest BCUT2D eigenvalue weighted by atomic mass is 35.5. The minimum atomic E-state index is -3.04. The van der Waals surface area contributed by atoms with Crippen LogP contribution in [0.25, 0.3) is 0 Å². The van der Waals surface area contributed by atoms with Gasteiger partial charge in [0, 0.05) is 21.6 Å². The van der Waals surface area contributed by atoms with E-state index < -0.39 is 9.84 Å². The third kappa shape index (κ3) is 4.34. The molecule has 0 bridgehead atoms. The summed E-state index contributed by atoms with van der Waals surface area (Å²) in [5.74, 6) is -0.0120. The quantitative estimate of drug-likeness (QED) is 0.798. The number of benzene rings is 2. The fraction of sp³-hybridized carbons (Fsp3) is 0.263. The van der Waals surface area contributed by atoms with Crippen LogP contribution in [0.15, 0.2) is 59.6 Å². The molecular formula is C19H18ClN3O3S2. The standard InChI is InChI=1S/C19H18ClN3O3S2/c20-13-5-4-8-15(9-13)23(10-18(24)21-14-6-2-1-3-7-14)19-22-16-11-28(25,26)12-17(16)27-19/h1-9,16-17H,10-12H2,(H,21,24)/t16-,17+/m0/s1. The van der Waals surface area contributed by atoms with Crippen molar-refractivity contribution in [3.63, 3.8) is 0 Å². The maximum atomic E-state index is 12.6. The van der Waals surface area contributed by atoms with Gasteiger partial charge in [-0.2, -0.15) is 0 Å². The molecule has 1 N–H and O–H groups in total. The first kappa shape index (κ1) is 19.3. The van der Waals surface area contributed by atoms with E-state index in [4.69, 9.17) is 11.6 Å². The van der Waals surface area contributed by atoms with E-state index >= 15 is 0 Å². The van der Waals surface area contributed by atoms with Crippen molar-refractivity contribution < 1.29 is 13.2 Å². The van der Waals surface area contributed by atoms with Gasteiger partial charge in [-0.1, -0.05) is 47.6 Å². The summed E-state index contributed by atoms with van der Waals surface area (Å²) in [6, 6.07) is 16.2. The molecule has 0 radical (unpaired) electrons. The molecule has 2 heterocycles. The Morgan fingerprint density at radius 3 is 2.68 bits per heavy atom. The zero-order valence-corrected chi connectivity index (χ0v) is 17.2. The van der Waals surface area contributed by atoms with Crippen molar-refractivity contribution in [1.82, 2.24) is 0 Å². The molecule has 0 aliphatic carbocycles. The molecule has 9 heteroatoms. The second kappa shape index (κ2) is 7.77. The first-order chi connectivity index (χ1) is 13.4. The van der Waals surface area contributed by atoms with Crippen molar-refractivity contribution >= 4 is 55.6 Å². The molecule has 0 unspecified atom stereocenters. The molecule has 4 rings (SSSR count). The van der Waals surface area contributed by atoms with Crippen LogP contribution in [0.3, 0.4) is 0 Å². The van der Waals surface area contributed by atoms with Gasteiger partial charge in [-0.15, -0.1) is 0 Å². The lowest BCUT2D eigenvalue weighted by atomic mass is 10.2. The molecule has 1 saturated heterocycles. The summed E-state index contributed by atoms with van der Waals surface area (Å²) in [5, 5.41) is 3.97. The van der Waals surface area contributed by atoms with E-state index in [1.165, 1.54) is 11.8 Å². The van der Waals surface area contributed by atoms with Gasteiger partial charge in [-0.25, -0.2) is 8.42 Å². The lowest BCUT2D eigenvalue weighted by Crippen LogP contribution is -2.36. The number of fused-ring (bicyclic) bond motifs is 1. The van der Waals surface area contributed by atoms with Crippen LogP contribution < -0.4 is 10.2 Å². The number of nitrogens with zero attached hydrogens (tertiary/aromatic N) is 2. The predicted octanol–water partition coefficient (Wildman–Crippen LogP) is 3.05. The third-order valence-electron chi connectivity index (χ3n) is 4.52. The van der Waals surface area contributed by atoms with Crippen LogP contribution in [0.4, 0.5) is 11.4 Å². The summed E-state index contributed by atoms with van der Waals surface area (Å²) < 4.78 is 23.7. The van der Waals surface area contributed by atoms with Gasteiger partial charge in [0.2, 0.25) is 5.91 Å². The first-order valence-corrected chi connectivity index (χ1v) is 11.8. The summed E-state index contributed by atoms with van der Waals surface area (Å²) in [7, 11) is -3.04. The van der Waals surface area contributed by atoms with Gasteiger partial charge >= 0.3 is 0 Å². The van der Waals surface area contributed by atoms with Crippen LogP contribution in [-0.2, 0) is 14.6 Å². The second-order valence-electron chi connectivity index (χ2n) is 6.69. The molecule has 0 aromatic heterocycles. The van der Waals surface area contributed by atoms with E-state index in [0.29, 0.717) is 15.9 Å². The van der Waals surface area contributed by atoms with Crippen molar-refractivity contribution in [3.8, 4) is 0 Å². The summed E-state index contributed by atoms with van der Waals surface area (Å²) >= 11 is 7.56. The van der Waals surface area contributed by atoms with Gasteiger partial charge in [0.25, 0.3) is 0 Å². The molecule has 2 aromatic carbocycles. The minimum Gasteiger partial charge on any atom is -0.325 e. The highest BCUT2D eigenvalue weighted by Crippen LogP contribution is 2.37. The largest absolute Gasteiger partial charge is 0.325 e. The molecule has 0 spiro atoms. The molecule has 1 amide bonds. The van der Waals surface area contributed by atoms with E-state index in [-0.39, 0.29) is 35.2 Å². The van der Waals surface area contributed by atoms with Crippen LogP contribution in [0.2, 0.25) is 5.02 Å². The highest BCUT2D eigenvalue weighted by Gasteiger charge is 2.44. The lowest BCUT2D eigenvalue weighted by Gasteiger charge is -2.24. The van der Waals surface area contributed by atoms with E-state index in [2.05, 4.69) is 10.3 Å². The number of halogens is 1. The highest BCUT2D eigenvalue weighted by molar-refractivity contribution is 8.15. The smallest absolute Gasteiger partial charge is 0.244 e. The van der Waals surface area contributed by atoms with Gasteiger partial charge in [0.1, 0.15) is 6.54 Å². The van der Waals surface area contributed by atoms with E-state index in [1.807, 2.05) is 42.5 Å². The molecule has 1 fully saturated rings. The fourth-order valence-electron chi connectivity index (χ4n) is 3.25. The average molecular weight is 436 g/mol. The van der Waals surface area contributed by atoms with Crippen LogP contribution in [-0.4, -0.2) is 48.8 Å². The number of carbonyl (C=O) groups excluding carboxylic acids is 1. The van der Waals surface area contributed by atoms with Gasteiger partial charge in [-0.3, -0.25) is 9.79 Å². The summed E-state index contributed by atoms with van der Waals surface area (Å²) in [5.41, 5.74) is 1.45. The second-order valence-corrected chi connectivity index (χ2v) is 10.5. The number of rotatable bonds is 4. The number of carbonyl (C=O) groups is 1. The first-order valence-electron chi connectivity index (χ1n) is 8.72. The van der Waals surface area contributed by atoms with Crippen LogP contribution in [0.5, 0.6) is 0 Å². The number of hydrogen-bond acceptors (Lipinski definition) is 6. The number of aliphatic imine (C=N–C) groups is 1. The topological polar surface area (TPSA) is 78.8 Å². The molecule has 0 saturated carbocycles. The molecule has 146 valence electrons. The van der Waals surface area contributed by atoms with Gasteiger partial charge in [-0.05, 0) is 30.3 Å². The zero-order valence-electron chi connectivity index (χ0n) is 14.8. The minimum absolute atomic E-state index is 0.0489. The Morgan fingerprint density at radius 1 is 1.18 bits per heavy atom. The number of sulfone groups is 1. The summed E-state index contributed by atoms with van der Waals surface area (Å²) in [6.45, 7) is 0.0489. The number of nitrogens with one attached hydrogen (secondary N) is 1. The molecule has 2 aliphatic heterocycles. The van der Waals surface area contributed by atoms with Crippen molar-refractivity contribution in [2.75, 3.05) is 28.3 Å². The van der Waals surface area contributed by atoms with Crippen molar-refractivity contribution in [2.24, 2.45) is 4.99 Å². The molecule has 6 nitrogen and oxygen atoms in total. The van der Waals surface area contributed by atoms with E-state index in [0.717, 1.165) is 5.69 Å². The Kier molecular flexibility index (Phi) is 5.35. The number of amidine groups is 1. The summed E-state index contributed by atoms with van der Waals surface area (Å²) in [4.78, 5) is 19.0. The monoisotopic (exact) mass is 435 g/mol. The Morgan fingerprint density at radius 2 is 1.96 bits per heavy atom. The zero-order chi connectivity index (χ0) is 19.7. The maximum Gasteiger partial charge on any atom is 0.244 e. The normalized spacial score (nSPS) is 22.4. The van der Waals surface area contributed by atoms with Crippen LogP contribution in [0.1, 0.15) is 0 Å². The maximum absolute atomic E-state index is 12.6. The van der Waals surface area contributed by atoms with Gasteiger partial charge < -0.3 is 10.2 Å². The van der Waals surface area contributed by atoms with Gasteiger partial charge in [0.05, 0.1) is 17.5 Å². The number of para-hydroxylation sites is 1. The van der Waals surface area contributed by atoms with Crippen LogP contribution in [0, 0.1) is 0 Å². The van der Waals surface area contributed by atoms with E-state index in [9.17, 15) is 13.2 Å². The Balaban J connectivity index is 1.58. The van der Waals surface area contributed by atoms with Crippen molar-refractivity contribution in [3.05, 3.63) is 59.6 Å². The molecule has 28 heavy (non-hydrogen) atoms. The van der Waals surface area contributed by atoms with Crippen molar-refractivity contribution in [2.45, 2.75) is 11.3 Å². The Bertz CT molecular complexity index is 1030. The molecule has 2 aromatic rings. The van der Waals surface area contributed by atoms with E-state index in [1.54, 1.807) is 17.0 Å². The number of hydrogen-bond donors (Lipinski definition) is 1. The lowest BCUT2D eigenvalue weighted by molar-refractivity contribution is -0.114. The predicted molar refractivity (Wildman–Crippen MR) is 115 cm³/mol. The Hall–Kier alpha value is -2.03. The number of anilines is 2. The fourth-order valence-corrected chi connectivity index (χ4v) is 7.21. The molecule has 2 atom stereocenters. The average Bonchev–Trinajstić information content (AvgIpc) is 3.14. The Labute approximate surface area is 172 Å². The van der Waals surface area contributed by atoms with Crippen LogP contribution >= 0.6 is 23.4 Å². The number of amides is 1. The van der Waals surface area contributed by atoms with Gasteiger partial charge in [0.15, 0.2) is 15.0 Å². The summed E-state index contributed by atoms with van der Waals surface area (Å²) in [6.07, 6.45) is 0. The molecule has 2 aliphatic rings. The molecular weight excluding hydrogens is 418 g/mol. The van der Waals surface area contributed by atoms with Crippen molar-refractivity contribution in [1.29, 1.82) is 0 Å².